The second-order valence-corrected chi connectivity index (χ2v) is 5.96. The molecule has 0 saturated carbocycles. The van der Waals surface area contributed by atoms with Gasteiger partial charge < -0.3 is 10.1 Å². The van der Waals surface area contributed by atoms with E-state index in [0.717, 1.165) is 18.2 Å². The van der Waals surface area contributed by atoms with E-state index in [1.165, 1.54) is 12.1 Å². The van der Waals surface area contributed by atoms with Gasteiger partial charge >= 0.3 is 5.97 Å². The number of non-ortho nitro benzene ring substituents is 1. The number of benzene rings is 2. The van der Waals surface area contributed by atoms with E-state index in [0.29, 0.717) is 0 Å². The van der Waals surface area contributed by atoms with Crippen molar-refractivity contribution in [3.8, 4) is 0 Å². The fourth-order valence-corrected chi connectivity index (χ4v) is 2.51. The summed E-state index contributed by atoms with van der Waals surface area (Å²) >= 11 is 17.5. The maximum atomic E-state index is 13.6. The van der Waals surface area contributed by atoms with Crippen molar-refractivity contribution in [2.24, 2.45) is 0 Å². The zero-order chi connectivity index (χ0) is 19.4. The summed E-state index contributed by atoms with van der Waals surface area (Å²) in [6.45, 7) is -0.805. The molecule has 136 valence electrons. The van der Waals surface area contributed by atoms with Crippen LogP contribution in [0.2, 0.25) is 15.1 Å². The molecular formula is C15H8Cl3FN2O5. The molecule has 0 spiro atoms. The maximum Gasteiger partial charge on any atom is 0.341 e. The monoisotopic (exact) mass is 420 g/mol. The molecule has 2 aromatic carbocycles. The standard InChI is InChI=1S/C15H8Cl3FN2O5/c16-8-2-3-9(17)14(18)13(8)15(23)26-6-12(22)20-11-5-7(21(24)25)1-4-10(11)19/h1-5H,6H2,(H,20,22). The predicted octanol–water partition coefficient (Wildman–Crippen LogP) is 4.49. The number of halogens is 4. The van der Waals surface area contributed by atoms with Crippen LogP contribution in [-0.2, 0) is 9.53 Å². The zero-order valence-electron chi connectivity index (χ0n) is 12.6. The number of nitrogens with one attached hydrogen (secondary N) is 1. The second kappa shape index (κ2) is 8.31. The molecule has 0 aromatic heterocycles. The highest BCUT2D eigenvalue weighted by molar-refractivity contribution is 6.46. The number of hydrogen-bond donors (Lipinski definition) is 1. The first-order chi connectivity index (χ1) is 12.2. The Morgan fingerprint density at radius 3 is 2.46 bits per heavy atom. The Labute approximate surface area is 160 Å². The van der Waals surface area contributed by atoms with Gasteiger partial charge in [-0.3, -0.25) is 14.9 Å². The Balaban J connectivity index is 2.06. The number of nitrogens with zero attached hydrogens (tertiary/aromatic N) is 1. The minimum Gasteiger partial charge on any atom is -0.452 e. The van der Waals surface area contributed by atoms with Crippen molar-refractivity contribution < 1.29 is 23.6 Å². The second-order valence-electron chi connectivity index (χ2n) is 4.76. The average molecular weight is 422 g/mol. The quantitative estimate of drug-likeness (QED) is 0.332. The van der Waals surface area contributed by atoms with Gasteiger partial charge in [0.15, 0.2) is 6.61 Å². The molecule has 2 aromatic rings. The van der Waals surface area contributed by atoms with Gasteiger partial charge in [-0.05, 0) is 18.2 Å². The van der Waals surface area contributed by atoms with E-state index in [9.17, 15) is 24.1 Å². The van der Waals surface area contributed by atoms with Crippen LogP contribution in [0.25, 0.3) is 0 Å². The number of esters is 1. The van der Waals surface area contributed by atoms with Crippen molar-refractivity contribution in [1.29, 1.82) is 0 Å². The summed E-state index contributed by atoms with van der Waals surface area (Å²) in [5.41, 5.74) is -1.08. The van der Waals surface area contributed by atoms with E-state index in [1.807, 2.05) is 0 Å². The Morgan fingerprint density at radius 2 is 1.81 bits per heavy atom. The molecule has 0 saturated heterocycles. The predicted molar refractivity (Wildman–Crippen MR) is 93.4 cm³/mol. The first kappa shape index (κ1) is 19.9. The summed E-state index contributed by atoms with van der Waals surface area (Å²) in [4.78, 5) is 33.7. The molecule has 0 heterocycles. The van der Waals surface area contributed by atoms with Gasteiger partial charge in [-0.15, -0.1) is 0 Å². The Morgan fingerprint density at radius 1 is 1.15 bits per heavy atom. The molecule has 1 N–H and O–H groups in total. The molecule has 2 rings (SSSR count). The van der Waals surface area contributed by atoms with Gasteiger partial charge in [-0.1, -0.05) is 34.8 Å². The topological polar surface area (TPSA) is 98.5 Å². The molecule has 0 atom stereocenters. The molecule has 26 heavy (non-hydrogen) atoms. The lowest BCUT2D eigenvalue weighted by atomic mass is 10.2. The van der Waals surface area contributed by atoms with Crippen molar-refractivity contribution in [1.82, 2.24) is 0 Å². The van der Waals surface area contributed by atoms with Crippen molar-refractivity contribution in [2.75, 3.05) is 11.9 Å². The van der Waals surface area contributed by atoms with Gasteiger partial charge in [-0.2, -0.15) is 0 Å². The van der Waals surface area contributed by atoms with E-state index in [2.05, 4.69) is 5.32 Å². The van der Waals surface area contributed by atoms with Crippen LogP contribution in [0.15, 0.2) is 30.3 Å². The molecular weight excluding hydrogens is 414 g/mol. The Kier molecular flexibility index (Phi) is 6.36. The highest BCUT2D eigenvalue weighted by Gasteiger charge is 2.20. The van der Waals surface area contributed by atoms with E-state index in [4.69, 9.17) is 39.5 Å². The van der Waals surface area contributed by atoms with E-state index in [-0.39, 0.29) is 20.6 Å². The summed E-state index contributed by atoms with van der Waals surface area (Å²) in [5.74, 6) is -2.83. The lowest BCUT2D eigenvalue weighted by molar-refractivity contribution is -0.384. The molecule has 7 nitrogen and oxygen atoms in total. The molecule has 0 aliphatic heterocycles. The SMILES string of the molecule is O=C(COC(=O)c1c(Cl)ccc(Cl)c1Cl)Nc1cc([N+](=O)[O-])ccc1F. The number of nitro benzene ring substituents is 1. The van der Waals surface area contributed by atoms with Gasteiger partial charge in [0.2, 0.25) is 0 Å². The van der Waals surface area contributed by atoms with Crippen LogP contribution in [0.5, 0.6) is 0 Å². The van der Waals surface area contributed by atoms with Gasteiger partial charge in [-0.25, -0.2) is 9.18 Å². The Bertz CT molecular complexity index is 907. The van der Waals surface area contributed by atoms with Crippen molar-refractivity contribution in [3.63, 3.8) is 0 Å². The molecule has 0 radical (unpaired) electrons. The van der Waals surface area contributed by atoms with Gasteiger partial charge in [0, 0.05) is 12.1 Å². The summed E-state index contributed by atoms with van der Waals surface area (Å²) < 4.78 is 18.4. The van der Waals surface area contributed by atoms with E-state index in [1.54, 1.807) is 0 Å². The van der Waals surface area contributed by atoms with Crippen molar-refractivity contribution in [3.05, 3.63) is 66.9 Å². The molecule has 0 bridgehead atoms. The minimum absolute atomic E-state index is 0.0328. The third-order valence-electron chi connectivity index (χ3n) is 3.02. The van der Waals surface area contributed by atoms with Gasteiger partial charge in [0.25, 0.3) is 11.6 Å². The number of ether oxygens (including phenoxy) is 1. The fraction of sp³-hybridized carbons (Fsp3) is 0.0667. The maximum absolute atomic E-state index is 13.6. The summed E-state index contributed by atoms with van der Waals surface area (Å²) in [7, 11) is 0. The Hall–Kier alpha value is -2.42. The normalized spacial score (nSPS) is 10.3. The van der Waals surface area contributed by atoms with Gasteiger partial charge in [0.05, 0.1) is 31.2 Å². The van der Waals surface area contributed by atoms with Gasteiger partial charge in [0.1, 0.15) is 5.82 Å². The zero-order valence-corrected chi connectivity index (χ0v) is 14.9. The third kappa shape index (κ3) is 4.60. The number of carbonyl (C=O) groups excluding carboxylic acids is 2. The van der Waals surface area contributed by atoms with Crippen LogP contribution in [0, 0.1) is 15.9 Å². The van der Waals surface area contributed by atoms with Crippen LogP contribution >= 0.6 is 34.8 Å². The molecule has 0 fully saturated rings. The van der Waals surface area contributed by atoms with Crippen molar-refractivity contribution >= 4 is 58.1 Å². The molecule has 11 heteroatoms. The summed E-state index contributed by atoms with van der Waals surface area (Å²) in [5, 5.41) is 12.6. The number of carbonyl (C=O) groups is 2. The van der Waals surface area contributed by atoms with Crippen molar-refractivity contribution in [2.45, 2.75) is 0 Å². The highest BCUT2D eigenvalue weighted by Crippen LogP contribution is 2.31. The molecule has 0 unspecified atom stereocenters. The first-order valence-corrected chi connectivity index (χ1v) is 7.88. The number of rotatable bonds is 5. The number of anilines is 1. The largest absolute Gasteiger partial charge is 0.452 e. The van der Waals surface area contributed by atoms with Crippen LogP contribution in [-0.4, -0.2) is 23.4 Å². The van der Waals surface area contributed by atoms with Crippen LogP contribution in [0.1, 0.15) is 10.4 Å². The highest BCUT2D eigenvalue weighted by atomic mass is 35.5. The first-order valence-electron chi connectivity index (χ1n) is 6.75. The van der Waals surface area contributed by atoms with Crippen LogP contribution < -0.4 is 5.32 Å². The van der Waals surface area contributed by atoms with Crippen LogP contribution in [0.3, 0.4) is 0 Å². The number of nitro groups is 1. The number of hydrogen-bond acceptors (Lipinski definition) is 5. The molecule has 0 aliphatic carbocycles. The van der Waals surface area contributed by atoms with E-state index >= 15 is 0 Å². The summed E-state index contributed by atoms with van der Waals surface area (Å²) in [6.07, 6.45) is 0. The fourth-order valence-electron chi connectivity index (χ4n) is 1.83. The molecule has 0 aliphatic rings. The van der Waals surface area contributed by atoms with Crippen LogP contribution in [0.4, 0.5) is 15.8 Å². The molecule has 1 amide bonds. The third-order valence-corrected chi connectivity index (χ3v) is 4.14. The lowest BCUT2D eigenvalue weighted by Crippen LogP contribution is -2.21. The smallest absolute Gasteiger partial charge is 0.341 e. The lowest BCUT2D eigenvalue weighted by Gasteiger charge is -2.10. The summed E-state index contributed by atoms with van der Waals surface area (Å²) in [6, 6.07) is 5.30. The minimum atomic E-state index is -1.02. The average Bonchev–Trinajstić information content (AvgIpc) is 2.58. The van der Waals surface area contributed by atoms with E-state index < -0.39 is 40.6 Å². The number of amides is 1.